The van der Waals surface area contributed by atoms with E-state index in [1.807, 2.05) is 6.08 Å². The second kappa shape index (κ2) is 12.9. The summed E-state index contributed by atoms with van der Waals surface area (Å²) in [6.45, 7) is 4.49. The molecule has 1 aliphatic rings. The summed E-state index contributed by atoms with van der Waals surface area (Å²) in [4.78, 5) is 26.3. The van der Waals surface area contributed by atoms with Gasteiger partial charge in [0.15, 0.2) is 5.16 Å². The molecule has 7 nitrogen and oxygen atoms in total. The van der Waals surface area contributed by atoms with E-state index in [9.17, 15) is 9.59 Å². The predicted octanol–water partition coefficient (Wildman–Crippen LogP) is 5.70. The Hall–Kier alpha value is -2.18. The van der Waals surface area contributed by atoms with Crippen LogP contribution in [0.3, 0.4) is 0 Å². The number of ether oxygens (including phenoxy) is 1. The third-order valence-electron chi connectivity index (χ3n) is 6.03. The molecule has 1 aromatic carbocycles. The summed E-state index contributed by atoms with van der Waals surface area (Å²) in [7, 11) is 1.38. The Morgan fingerprint density at radius 3 is 2.75 bits per heavy atom. The lowest BCUT2D eigenvalue weighted by atomic mass is 9.95. The molecular weight excluding hydrogens is 607 g/mol. The Bertz CT molecular complexity index is 1240. The molecule has 36 heavy (non-hydrogen) atoms. The van der Waals surface area contributed by atoms with E-state index in [2.05, 4.69) is 73.5 Å². The number of nitrogens with one attached hydrogen (secondary N) is 1. The number of carbonyl (C=O) groups excluding carboxylic acids is 2. The molecule has 2 aromatic heterocycles. The molecule has 0 bridgehead atoms. The number of fused-ring (bicyclic) bond motifs is 1. The lowest BCUT2D eigenvalue weighted by molar-refractivity contribution is -0.115. The summed E-state index contributed by atoms with van der Waals surface area (Å²) >= 11 is 5.31. The van der Waals surface area contributed by atoms with Crippen molar-refractivity contribution in [2.24, 2.45) is 0 Å². The van der Waals surface area contributed by atoms with Crippen molar-refractivity contribution in [2.45, 2.75) is 56.6 Å². The van der Waals surface area contributed by atoms with Gasteiger partial charge in [0.05, 0.1) is 12.7 Å². The van der Waals surface area contributed by atoms with E-state index in [0.29, 0.717) is 29.3 Å². The Morgan fingerprint density at radius 2 is 2.00 bits per heavy atom. The molecule has 1 amide bonds. The van der Waals surface area contributed by atoms with Crippen LogP contribution in [-0.2, 0) is 41.8 Å². The number of allylic oxidation sites excluding steroid dienone is 1. The van der Waals surface area contributed by atoms with Crippen LogP contribution in [0.1, 0.15) is 51.4 Å². The molecule has 0 radical (unpaired) electrons. The summed E-state index contributed by atoms with van der Waals surface area (Å²) in [6, 6.07) is 8.49. The molecule has 0 aliphatic heterocycles. The number of aryl methyl sites for hydroxylation is 3. The number of hydrogen-bond donors (Lipinski definition) is 1. The molecule has 1 N–H and O–H groups in total. The zero-order valence-electron chi connectivity index (χ0n) is 20.2. The molecule has 190 valence electrons. The molecule has 10 heteroatoms. The summed E-state index contributed by atoms with van der Waals surface area (Å²) in [6.07, 6.45) is 7.75. The maximum Gasteiger partial charge on any atom is 0.341 e. The highest BCUT2D eigenvalue weighted by Crippen LogP contribution is 2.38. The topological polar surface area (TPSA) is 86.1 Å². The molecule has 4 rings (SSSR count). The zero-order valence-corrected chi connectivity index (χ0v) is 24.0. The molecule has 2 heterocycles. The summed E-state index contributed by atoms with van der Waals surface area (Å²) in [5.41, 5.74) is 2.83. The van der Waals surface area contributed by atoms with Crippen molar-refractivity contribution in [1.29, 1.82) is 0 Å². The first-order chi connectivity index (χ1) is 17.5. The van der Waals surface area contributed by atoms with Gasteiger partial charge in [-0.25, -0.2) is 4.79 Å². The number of benzene rings is 1. The fourth-order valence-corrected chi connectivity index (χ4v) is 6.78. The fraction of sp³-hybridized carbons (Fsp3) is 0.385. The van der Waals surface area contributed by atoms with Crippen LogP contribution in [0.25, 0.3) is 0 Å². The van der Waals surface area contributed by atoms with Crippen molar-refractivity contribution in [3.05, 3.63) is 67.9 Å². The molecule has 0 saturated carbocycles. The van der Waals surface area contributed by atoms with Gasteiger partial charge in [-0.2, -0.15) is 0 Å². The maximum absolute atomic E-state index is 12.7. The Morgan fingerprint density at radius 1 is 1.22 bits per heavy atom. The minimum atomic E-state index is -0.380. The first-order valence-corrected chi connectivity index (χ1v) is 14.8. The van der Waals surface area contributed by atoms with E-state index in [1.165, 1.54) is 44.2 Å². The van der Waals surface area contributed by atoms with E-state index in [0.717, 1.165) is 55.1 Å². The van der Waals surface area contributed by atoms with Crippen LogP contribution < -0.4 is 5.32 Å². The van der Waals surface area contributed by atoms with Gasteiger partial charge < -0.3 is 14.6 Å². The Kier molecular flexibility index (Phi) is 9.60. The van der Waals surface area contributed by atoms with Gasteiger partial charge in [-0.1, -0.05) is 30.0 Å². The SMILES string of the molecule is C=CCn1c(CCc2ccc(I)cc2)nnc1SCCC(=O)Nc1sc2c(c1C(=O)OC)CCCC2. The number of thioether (sulfide) groups is 1. The van der Waals surface area contributed by atoms with Crippen molar-refractivity contribution in [3.8, 4) is 0 Å². The number of halogens is 1. The van der Waals surface area contributed by atoms with Gasteiger partial charge >= 0.3 is 5.97 Å². The Labute approximate surface area is 233 Å². The molecule has 0 atom stereocenters. The number of carbonyl (C=O) groups is 2. The number of thiophene rings is 1. The third-order valence-corrected chi connectivity index (χ3v) is 8.92. The van der Waals surface area contributed by atoms with Crippen molar-refractivity contribution >= 4 is 62.6 Å². The Balaban J connectivity index is 1.35. The number of anilines is 1. The lowest BCUT2D eigenvalue weighted by Gasteiger charge is -2.11. The number of rotatable bonds is 11. The van der Waals surface area contributed by atoms with Gasteiger partial charge in [0, 0.05) is 33.6 Å². The first kappa shape index (κ1) is 26.9. The van der Waals surface area contributed by atoms with Gasteiger partial charge in [-0.05, 0) is 78.0 Å². The monoisotopic (exact) mass is 636 g/mol. The minimum absolute atomic E-state index is 0.125. The van der Waals surface area contributed by atoms with Gasteiger partial charge in [-0.15, -0.1) is 28.1 Å². The molecule has 0 saturated heterocycles. The average Bonchev–Trinajstić information content (AvgIpc) is 3.44. The van der Waals surface area contributed by atoms with Gasteiger partial charge in [0.2, 0.25) is 5.91 Å². The molecule has 3 aromatic rings. The van der Waals surface area contributed by atoms with Crippen LogP contribution in [0.4, 0.5) is 5.00 Å². The highest BCUT2D eigenvalue weighted by molar-refractivity contribution is 14.1. The quantitative estimate of drug-likeness (QED) is 0.126. The van der Waals surface area contributed by atoms with Gasteiger partial charge in [-0.3, -0.25) is 4.79 Å². The fourth-order valence-electron chi connectivity index (χ4n) is 4.23. The van der Waals surface area contributed by atoms with Crippen molar-refractivity contribution < 1.29 is 14.3 Å². The van der Waals surface area contributed by atoms with Crippen molar-refractivity contribution in [1.82, 2.24) is 14.8 Å². The van der Waals surface area contributed by atoms with Crippen molar-refractivity contribution in [2.75, 3.05) is 18.2 Å². The number of aromatic nitrogens is 3. The average molecular weight is 637 g/mol. The van der Waals surface area contributed by atoms with Crippen LogP contribution in [-0.4, -0.2) is 39.5 Å². The standard InChI is InChI=1S/C26H29IN4O3S2/c1-3-15-31-21(13-10-17-8-11-18(27)12-9-17)29-30-26(31)35-16-14-22(32)28-24-23(25(33)34-2)19-6-4-5-7-20(19)36-24/h3,8-9,11-12H,1,4-7,10,13-16H2,2H3,(H,28,32). The highest BCUT2D eigenvalue weighted by atomic mass is 127. The van der Waals surface area contributed by atoms with Crippen LogP contribution in [0.2, 0.25) is 0 Å². The highest BCUT2D eigenvalue weighted by Gasteiger charge is 2.27. The second-order valence-corrected chi connectivity index (χ2v) is 11.9. The maximum atomic E-state index is 12.7. The zero-order chi connectivity index (χ0) is 25.5. The number of hydrogen-bond acceptors (Lipinski definition) is 7. The molecule has 0 fully saturated rings. The van der Waals surface area contributed by atoms with Crippen LogP contribution >= 0.6 is 45.7 Å². The first-order valence-electron chi connectivity index (χ1n) is 11.9. The molecular formula is C26H29IN4O3S2. The second-order valence-electron chi connectivity index (χ2n) is 8.48. The molecule has 0 unspecified atom stereocenters. The van der Waals surface area contributed by atoms with E-state index in [-0.39, 0.29) is 11.9 Å². The smallest absolute Gasteiger partial charge is 0.341 e. The number of nitrogens with zero attached hydrogens (tertiary/aromatic N) is 3. The summed E-state index contributed by atoms with van der Waals surface area (Å²) in [5.74, 6) is 0.957. The largest absolute Gasteiger partial charge is 0.465 e. The molecule has 0 spiro atoms. The lowest BCUT2D eigenvalue weighted by Crippen LogP contribution is -2.15. The normalized spacial score (nSPS) is 12.7. The summed E-state index contributed by atoms with van der Waals surface area (Å²) in [5, 5.41) is 13.1. The van der Waals surface area contributed by atoms with Gasteiger partial charge in [0.1, 0.15) is 10.8 Å². The predicted molar refractivity (Wildman–Crippen MR) is 153 cm³/mol. The minimum Gasteiger partial charge on any atom is -0.465 e. The number of methoxy groups -OCH3 is 1. The van der Waals surface area contributed by atoms with Crippen molar-refractivity contribution in [3.63, 3.8) is 0 Å². The summed E-state index contributed by atoms with van der Waals surface area (Å²) < 4.78 is 8.28. The van der Waals surface area contributed by atoms with E-state index in [4.69, 9.17) is 4.74 Å². The van der Waals surface area contributed by atoms with Crippen LogP contribution in [0.15, 0.2) is 42.1 Å². The van der Waals surface area contributed by atoms with Crippen LogP contribution in [0.5, 0.6) is 0 Å². The number of esters is 1. The van der Waals surface area contributed by atoms with Crippen LogP contribution in [0, 0.1) is 3.57 Å². The third kappa shape index (κ3) is 6.57. The molecule has 1 aliphatic carbocycles. The van der Waals surface area contributed by atoms with E-state index >= 15 is 0 Å². The van der Waals surface area contributed by atoms with E-state index in [1.54, 1.807) is 0 Å². The van der Waals surface area contributed by atoms with E-state index < -0.39 is 0 Å². The van der Waals surface area contributed by atoms with Gasteiger partial charge in [0.25, 0.3) is 0 Å². The number of amides is 1.